The van der Waals surface area contributed by atoms with Crippen molar-refractivity contribution in [3.05, 3.63) is 74.8 Å². The number of benzene rings is 2. The number of aliphatic hydroxyl groups is 1. The molecule has 3 rings (SSSR count). The first kappa shape index (κ1) is 22.1. The van der Waals surface area contributed by atoms with Crippen molar-refractivity contribution in [2.24, 2.45) is 0 Å². The van der Waals surface area contributed by atoms with Gasteiger partial charge in [-0.05, 0) is 31.5 Å². The van der Waals surface area contributed by atoms with Gasteiger partial charge in [0.25, 0.3) is 0 Å². The minimum absolute atomic E-state index is 0.0181. The highest BCUT2D eigenvalue weighted by atomic mass is 35.5. The number of nitrogens with zero attached hydrogens (tertiary/aromatic N) is 1. The van der Waals surface area contributed by atoms with Crippen molar-refractivity contribution in [1.29, 1.82) is 0 Å². The predicted octanol–water partition coefficient (Wildman–Crippen LogP) is 7.33. The smallest absolute Gasteiger partial charge is 0.165 e. The zero-order valence-corrected chi connectivity index (χ0v) is 19.3. The maximum absolute atomic E-state index is 15.4. The van der Waals surface area contributed by atoms with E-state index in [0.717, 1.165) is 22.1 Å². The first-order chi connectivity index (χ1) is 13.8. The number of halogens is 3. The van der Waals surface area contributed by atoms with Crippen molar-refractivity contribution in [2.75, 3.05) is 11.9 Å². The molecule has 0 atom stereocenters. The molecule has 152 valence electrons. The number of hydrogen-bond acceptors (Lipinski definition) is 2. The molecule has 0 aliphatic carbocycles. The fourth-order valence-corrected chi connectivity index (χ4v) is 5.17. The maximum Gasteiger partial charge on any atom is 0.165 e. The Balaban J connectivity index is 2.15. The SMILES string of the molecule is CC(C)N(C)c1c(C(O)=S=Cc2ccc(Cl)cc2Cl)sc(-c2ccccc2)c1F. The van der Waals surface area contributed by atoms with Crippen LogP contribution in [0.4, 0.5) is 10.1 Å². The number of hydrogen-bond donors (Lipinski definition) is 1. The Kier molecular flexibility index (Phi) is 7.19. The highest BCUT2D eigenvalue weighted by Crippen LogP contribution is 2.41. The Hall–Kier alpha value is -1.63. The van der Waals surface area contributed by atoms with Gasteiger partial charge in [0.15, 0.2) is 5.82 Å². The van der Waals surface area contributed by atoms with Crippen LogP contribution >= 0.6 is 45.5 Å². The van der Waals surface area contributed by atoms with Crippen molar-refractivity contribution in [3.8, 4) is 10.4 Å². The van der Waals surface area contributed by atoms with Crippen LogP contribution in [0.3, 0.4) is 0 Å². The second kappa shape index (κ2) is 9.45. The second-order valence-corrected chi connectivity index (χ2v) is 9.42. The Morgan fingerprint density at radius 1 is 1.17 bits per heavy atom. The van der Waals surface area contributed by atoms with E-state index in [1.807, 2.05) is 56.1 Å². The molecule has 0 unspecified atom stereocenters. The molecule has 0 spiro atoms. The van der Waals surface area contributed by atoms with Crippen LogP contribution in [-0.2, 0) is 0 Å². The van der Waals surface area contributed by atoms with Gasteiger partial charge in [0.05, 0.1) is 20.5 Å². The molecule has 7 heteroatoms. The molecule has 0 aliphatic rings. The van der Waals surface area contributed by atoms with Gasteiger partial charge in [0, 0.05) is 29.0 Å². The van der Waals surface area contributed by atoms with Crippen molar-refractivity contribution >= 4 is 61.6 Å². The molecule has 1 aromatic heterocycles. The molecule has 0 bridgehead atoms. The van der Waals surface area contributed by atoms with E-state index in [-0.39, 0.29) is 16.9 Å². The monoisotopic (exact) mass is 467 g/mol. The van der Waals surface area contributed by atoms with Gasteiger partial charge < -0.3 is 10.0 Å². The van der Waals surface area contributed by atoms with Gasteiger partial charge in [-0.2, -0.15) is 0 Å². The second-order valence-electron chi connectivity index (χ2n) is 6.70. The van der Waals surface area contributed by atoms with E-state index >= 15 is 4.39 Å². The molecule has 0 amide bonds. The van der Waals surface area contributed by atoms with E-state index in [4.69, 9.17) is 23.2 Å². The molecule has 0 saturated carbocycles. The van der Waals surface area contributed by atoms with E-state index in [9.17, 15) is 5.11 Å². The highest BCUT2D eigenvalue weighted by Gasteiger charge is 2.25. The first-order valence-corrected chi connectivity index (χ1v) is 11.4. The molecule has 2 nitrogen and oxygen atoms in total. The number of aliphatic hydroxyl groups excluding tert-OH is 1. The number of rotatable bonds is 5. The summed E-state index contributed by atoms with van der Waals surface area (Å²) in [6.45, 7) is 3.96. The van der Waals surface area contributed by atoms with Crippen LogP contribution in [0.15, 0.2) is 48.5 Å². The molecule has 0 radical (unpaired) electrons. The van der Waals surface area contributed by atoms with Crippen LogP contribution in [0.2, 0.25) is 10.0 Å². The molecule has 3 aromatic rings. The first-order valence-electron chi connectivity index (χ1n) is 8.91. The van der Waals surface area contributed by atoms with E-state index in [0.29, 0.717) is 25.5 Å². The number of thiophene rings is 1. The lowest BCUT2D eigenvalue weighted by Gasteiger charge is -2.24. The maximum atomic E-state index is 15.4. The van der Waals surface area contributed by atoms with Gasteiger partial charge in [-0.1, -0.05) is 59.6 Å². The van der Waals surface area contributed by atoms with E-state index in [1.54, 1.807) is 23.6 Å². The highest BCUT2D eigenvalue weighted by molar-refractivity contribution is 7.97. The van der Waals surface area contributed by atoms with Crippen LogP contribution in [-0.4, -0.2) is 28.6 Å². The third-order valence-electron chi connectivity index (χ3n) is 4.44. The molecule has 1 heterocycles. The third kappa shape index (κ3) is 4.93. The average Bonchev–Trinajstić information content (AvgIpc) is 3.04. The Bertz CT molecular complexity index is 1090. The van der Waals surface area contributed by atoms with Crippen LogP contribution in [0.1, 0.15) is 24.3 Å². The lowest BCUT2D eigenvalue weighted by molar-refractivity contribution is 0.570. The van der Waals surface area contributed by atoms with Crippen LogP contribution < -0.4 is 4.90 Å². The summed E-state index contributed by atoms with van der Waals surface area (Å²) in [6.07, 6.45) is 0. The van der Waals surface area contributed by atoms with E-state index in [1.165, 1.54) is 11.3 Å². The molecule has 0 fully saturated rings. The van der Waals surface area contributed by atoms with E-state index < -0.39 is 0 Å². The van der Waals surface area contributed by atoms with Gasteiger partial charge in [0.2, 0.25) is 0 Å². The molecule has 2 aromatic carbocycles. The van der Waals surface area contributed by atoms with Crippen molar-refractivity contribution in [3.63, 3.8) is 0 Å². The summed E-state index contributed by atoms with van der Waals surface area (Å²) in [5.74, 6) is -0.330. The van der Waals surface area contributed by atoms with Crippen LogP contribution in [0, 0.1) is 5.82 Å². The standard InChI is InChI=1S/C22H20Cl2FNOS2/c1-13(2)26(3)19-18(25)20(14-7-5-4-6-8-14)29-21(19)22(27)28-12-15-9-10-16(23)11-17(15)24/h4-13,27H,1-3H3. The zero-order chi connectivity index (χ0) is 21.1. The lowest BCUT2D eigenvalue weighted by Crippen LogP contribution is -2.27. The molecular weight excluding hydrogens is 448 g/mol. The van der Waals surface area contributed by atoms with Crippen molar-refractivity contribution in [2.45, 2.75) is 19.9 Å². The van der Waals surface area contributed by atoms with Crippen molar-refractivity contribution < 1.29 is 9.50 Å². The fourth-order valence-electron chi connectivity index (χ4n) is 2.67. The molecule has 0 aliphatic heterocycles. The minimum atomic E-state index is -0.330. The molecule has 1 N–H and O–H groups in total. The van der Waals surface area contributed by atoms with Gasteiger partial charge in [0.1, 0.15) is 5.05 Å². The summed E-state index contributed by atoms with van der Waals surface area (Å²) in [4.78, 5) is 2.82. The van der Waals surface area contributed by atoms with Crippen LogP contribution in [0.25, 0.3) is 10.4 Å². The zero-order valence-electron chi connectivity index (χ0n) is 16.1. The minimum Gasteiger partial charge on any atom is -0.369 e. The summed E-state index contributed by atoms with van der Waals surface area (Å²) in [6, 6.07) is 14.6. The van der Waals surface area contributed by atoms with Gasteiger partial charge in [-0.25, -0.2) is 4.39 Å². The summed E-state index contributed by atoms with van der Waals surface area (Å²) < 4.78 is 15.4. The Morgan fingerprint density at radius 3 is 2.48 bits per heavy atom. The molecule has 0 saturated heterocycles. The topological polar surface area (TPSA) is 23.5 Å². The average molecular weight is 468 g/mol. The van der Waals surface area contributed by atoms with Gasteiger partial charge >= 0.3 is 0 Å². The van der Waals surface area contributed by atoms with Gasteiger partial charge in [-0.15, -0.1) is 22.3 Å². The van der Waals surface area contributed by atoms with E-state index in [2.05, 4.69) is 0 Å². The normalized spacial score (nSPS) is 10.9. The van der Waals surface area contributed by atoms with Crippen molar-refractivity contribution in [1.82, 2.24) is 0 Å². The molecule has 29 heavy (non-hydrogen) atoms. The third-order valence-corrected chi connectivity index (χ3v) is 7.14. The van der Waals surface area contributed by atoms with Gasteiger partial charge in [-0.3, -0.25) is 0 Å². The number of anilines is 1. The lowest BCUT2D eigenvalue weighted by atomic mass is 10.1. The molecular formula is C22H20Cl2FNOS2. The summed E-state index contributed by atoms with van der Waals surface area (Å²) in [5.41, 5.74) is 1.90. The quantitative estimate of drug-likeness (QED) is 0.397. The Labute approximate surface area is 187 Å². The summed E-state index contributed by atoms with van der Waals surface area (Å²) in [5, 5.41) is 13.6. The van der Waals surface area contributed by atoms with Crippen LogP contribution in [0.5, 0.6) is 0 Å². The summed E-state index contributed by atoms with van der Waals surface area (Å²) >= 11 is 13.4. The Morgan fingerprint density at radius 2 is 1.86 bits per heavy atom. The fraction of sp³-hybridized carbons (Fsp3) is 0.182. The largest absolute Gasteiger partial charge is 0.369 e. The summed E-state index contributed by atoms with van der Waals surface area (Å²) in [7, 11) is 2.93. The predicted molar refractivity (Wildman–Crippen MR) is 129 cm³/mol.